The zero-order chi connectivity index (χ0) is 14.6. The Kier molecular flexibility index (Phi) is 5.91. The van der Waals surface area contributed by atoms with E-state index in [2.05, 4.69) is 40.3 Å². The number of rotatable bonds is 8. The standard InChI is InChI=1S/C16H23BrClNO/c1-16(13-4-5-13,11-19-7-8-20-2)10-12-3-6-14(17)9-15(12)18/h3,6,9,13,19H,4-5,7-8,10-11H2,1-2H3. The maximum Gasteiger partial charge on any atom is 0.0587 e. The van der Waals surface area contributed by atoms with E-state index in [1.165, 1.54) is 18.4 Å². The molecule has 1 atom stereocenters. The van der Waals surface area contributed by atoms with E-state index in [9.17, 15) is 0 Å². The second-order valence-electron chi connectivity index (χ2n) is 6.01. The Hall–Kier alpha value is -0.0900. The summed E-state index contributed by atoms with van der Waals surface area (Å²) in [7, 11) is 1.74. The fourth-order valence-corrected chi connectivity index (χ4v) is 3.52. The van der Waals surface area contributed by atoms with Gasteiger partial charge in [0.2, 0.25) is 0 Å². The summed E-state index contributed by atoms with van der Waals surface area (Å²) in [6.45, 7) is 5.07. The van der Waals surface area contributed by atoms with Crippen molar-refractivity contribution in [3.05, 3.63) is 33.3 Å². The highest BCUT2D eigenvalue weighted by molar-refractivity contribution is 9.10. The van der Waals surface area contributed by atoms with E-state index in [0.717, 1.165) is 41.5 Å². The molecule has 112 valence electrons. The zero-order valence-electron chi connectivity index (χ0n) is 12.2. The molecule has 1 aromatic rings. The number of hydrogen-bond acceptors (Lipinski definition) is 2. The van der Waals surface area contributed by atoms with Crippen LogP contribution < -0.4 is 5.32 Å². The van der Waals surface area contributed by atoms with Crippen LogP contribution in [-0.2, 0) is 11.2 Å². The van der Waals surface area contributed by atoms with Crippen LogP contribution in [-0.4, -0.2) is 26.8 Å². The number of halogens is 2. The summed E-state index contributed by atoms with van der Waals surface area (Å²) < 4.78 is 6.13. The van der Waals surface area contributed by atoms with Gasteiger partial charge in [0.05, 0.1) is 6.61 Å². The van der Waals surface area contributed by atoms with Gasteiger partial charge in [0.1, 0.15) is 0 Å². The minimum Gasteiger partial charge on any atom is -0.383 e. The molecule has 1 aromatic carbocycles. The molecule has 0 saturated heterocycles. The third kappa shape index (κ3) is 4.45. The lowest BCUT2D eigenvalue weighted by molar-refractivity contribution is 0.187. The van der Waals surface area contributed by atoms with Gasteiger partial charge in [0, 0.05) is 29.7 Å². The fourth-order valence-electron chi connectivity index (χ4n) is 2.78. The highest BCUT2D eigenvalue weighted by atomic mass is 79.9. The second kappa shape index (κ2) is 7.26. The Labute approximate surface area is 135 Å². The second-order valence-corrected chi connectivity index (χ2v) is 7.33. The third-order valence-corrected chi connectivity index (χ3v) is 5.03. The maximum atomic E-state index is 6.37. The molecule has 1 aliphatic carbocycles. The SMILES string of the molecule is COCCNCC(C)(Cc1ccc(Br)cc1Cl)C1CC1. The van der Waals surface area contributed by atoms with Gasteiger partial charge >= 0.3 is 0 Å². The van der Waals surface area contributed by atoms with Crippen molar-refractivity contribution in [2.75, 3.05) is 26.8 Å². The molecule has 1 aliphatic rings. The zero-order valence-corrected chi connectivity index (χ0v) is 14.6. The Morgan fingerprint density at radius 1 is 1.45 bits per heavy atom. The lowest BCUT2D eigenvalue weighted by Gasteiger charge is -2.31. The van der Waals surface area contributed by atoms with Crippen LogP contribution in [0.5, 0.6) is 0 Å². The first-order valence-corrected chi connectivity index (χ1v) is 8.36. The Morgan fingerprint density at radius 2 is 2.20 bits per heavy atom. The Morgan fingerprint density at radius 3 is 2.80 bits per heavy atom. The first-order chi connectivity index (χ1) is 9.55. The molecule has 0 aromatic heterocycles. The van der Waals surface area contributed by atoms with Crippen molar-refractivity contribution in [1.82, 2.24) is 5.32 Å². The minimum absolute atomic E-state index is 0.283. The molecular formula is C16H23BrClNO. The molecule has 4 heteroatoms. The van der Waals surface area contributed by atoms with E-state index in [1.807, 2.05) is 6.07 Å². The van der Waals surface area contributed by atoms with Crippen molar-refractivity contribution < 1.29 is 4.74 Å². The first-order valence-electron chi connectivity index (χ1n) is 7.19. The summed E-state index contributed by atoms with van der Waals surface area (Å²) in [6.07, 6.45) is 3.72. The van der Waals surface area contributed by atoms with Gasteiger partial charge in [-0.2, -0.15) is 0 Å². The number of methoxy groups -OCH3 is 1. The van der Waals surface area contributed by atoms with Crippen molar-refractivity contribution >= 4 is 27.5 Å². The Bertz CT molecular complexity index is 450. The maximum absolute atomic E-state index is 6.37. The lowest BCUT2D eigenvalue weighted by Crippen LogP contribution is -2.37. The van der Waals surface area contributed by atoms with Crippen LogP contribution >= 0.6 is 27.5 Å². The van der Waals surface area contributed by atoms with E-state index in [-0.39, 0.29) is 5.41 Å². The molecule has 1 fully saturated rings. The average Bonchev–Trinajstić information content (AvgIpc) is 3.23. The number of hydrogen-bond donors (Lipinski definition) is 1. The van der Waals surface area contributed by atoms with Gasteiger partial charge in [0.15, 0.2) is 0 Å². The van der Waals surface area contributed by atoms with Gasteiger partial charge in [0.25, 0.3) is 0 Å². The minimum atomic E-state index is 0.283. The quantitative estimate of drug-likeness (QED) is 0.698. The van der Waals surface area contributed by atoms with Crippen LogP contribution in [0.25, 0.3) is 0 Å². The van der Waals surface area contributed by atoms with Crippen LogP contribution in [0.3, 0.4) is 0 Å². The summed E-state index contributed by atoms with van der Waals surface area (Å²) in [4.78, 5) is 0. The van der Waals surface area contributed by atoms with Crippen molar-refractivity contribution in [2.45, 2.75) is 26.2 Å². The molecule has 0 radical (unpaired) electrons. The van der Waals surface area contributed by atoms with Crippen LogP contribution in [0, 0.1) is 11.3 Å². The number of ether oxygens (including phenoxy) is 1. The average molecular weight is 361 g/mol. The summed E-state index contributed by atoms with van der Waals surface area (Å²) in [6, 6.07) is 6.21. The molecular weight excluding hydrogens is 338 g/mol. The van der Waals surface area contributed by atoms with E-state index >= 15 is 0 Å². The largest absolute Gasteiger partial charge is 0.383 e. The number of nitrogens with one attached hydrogen (secondary N) is 1. The normalized spacial score (nSPS) is 18.0. The van der Waals surface area contributed by atoms with Crippen LogP contribution in [0.1, 0.15) is 25.3 Å². The van der Waals surface area contributed by atoms with E-state index < -0.39 is 0 Å². The predicted octanol–water partition coefficient (Wildman–Crippen LogP) is 4.30. The summed E-state index contributed by atoms with van der Waals surface area (Å²) >= 11 is 9.84. The van der Waals surface area contributed by atoms with Gasteiger partial charge < -0.3 is 10.1 Å². The van der Waals surface area contributed by atoms with Crippen molar-refractivity contribution in [3.8, 4) is 0 Å². The topological polar surface area (TPSA) is 21.3 Å². The van der Waals surface area contributed by atoms with Crippen LogP contribution in [0.15, 0.2) is 22.7 Å². The van der Waals surface area contributed by atoms with Crippen LogP contribution in [0.2, 0.25) is 5.02 Å². The molecule has 1 unspecified atom stereocenters. The molecule has 0 heterocycles. The van der Waals surface area contributed by atoms with E-state index in [0.29, 0.717) is 0 Å². The lowest BCUT2D eigenvalue weighted by atomic mass is 9.79. The molecule has 0 amide bonds. The van der Waals surface area contributed by atoms with Gasteiger partial charge in [-0.1, -0.05) is 40.5 Å². The molecule has 0 bridgehead atoms. The third-order valence-electron chi connectivity index (χ3n) is 4.18. The summed E-state index contributed by atoms with van der Waals surface area (Å²) in [5.41, 5.74) is 1.53. The number of benzene rings is 1. The van der Waals surface area contributed by atoms with E-state index in [4.69, 9.17) is 16.3 Å². The van der Waals surface area contributed by atoms with Crippen LogP contribution in [0.4, 0.5) is 0 Å². The van der Waals surface area contributed by atoms with Gasteiger partial charge in [-0.25, -0.2) is 0 Å². The molecule has 2 nitrogen and oxygen atoms in total. The molecule has 0 spiro atoms. The van der Waals surface area contributed by atoms with Gasteiger partial charge in [-0.15, -0.1) is 0 Å². The first kappa shape index (κ1) is 16.3. The predicted molar refractivity (Wildman–Crippen MR) is 88.4 cm³/mol. The molecule has 0 aliphatic heterocycles. The molecule has 2 rings (SSSR count). The summed E-state index contributed by atoms with van der Waals surface area (Å²) in [5, 5.41) is 4.39. The van der Waals surface area contributed by atoms with Crippen molar-refractivity contribution in [3.63, 3.8) is 0 Å². The monoisotopic (exact) mass is 359 g/mol. The fraction of sp³-hybridized carbons (Fsp3) is 0.625. The van der Waals surface area contributed by atoms with Crippen molar-refractivity contribution in [1.29, 1.82) is 0 Å². The highest BCUT2D eigenvalue weighted by Crippen LogP contribution is 2.47. The molecule has 20 heavy (non-hydrogen) atoms. The summed E-state index contributed by atoms with van der Waals surface area (Å²) in [5.74, 6) is 0.817. The highest BCUT2D eigenvalue weighted by Gasteiger charge is 2.41. The Balaban J connectivity index is 2.00. The van der Waals surface area contributed by atoms with Gasteiger partial charge in [-0.05, 0) is 48.3 Å². The smallest absolute Gasteiger partial charge is 0.0587 e. The molecule has 1 saturated carbocycles. The molecule has 1 N–H and O–H groups in total. The van der Waals surface area contributed by atoms with Gasteiger partial charge in [-0.3, -0.25) is 0 Å². The van der Waals surface area contributed by atoms with Crippen molar-refractivity contribution in [2.24, 2.45) is 11.3 Å². The van der Waals surface area contributed by atoms with E-state index in [1.54, 1.807) is 7.11 Å².